The smallest absolute Gasteiger partial charge is 0.329 e. The molecule has 4 rings (SSSR count). The van der Waals surface area contributed by atoms with Crippen LogP contribution in [0.2, 0.25) is 0 Å². The van der Waals surface area contributed by atoms with Gasteiger partial charge in [0.15, 0.2) is 11.2 Å². The first-order chi connectivity index (χ1) is 12.0. The molecule has 0 atom stereocenters. The van der Waals surface area contributed by atoms with Crippen LogP contribution in [0, 0.1) is 0 Å². The highest BCUT2D eigenvalue weighted by Gasteiger charge is 2.29. The first-order valence-electron chi connectivity index (χ1n) is 7.74. The van der Waals surface area contributed by atoms with Crippen LogP contribution < -0.4 is 25.6 Å². The van der Waals surface area contributed by atoms with E-state index in [1.54, 1.807) is 27.3 Å². The minimum absolute atomic E-state index is 0.362. The lowest BCUT2D eigenvalue weighted by molar-refractivity contribution is 0.395. The minimum atomic E-state index is -0.483. The summed E-state index contributed by atoms with van der Waals surface area (Å²) in [4.78, 5) is 32.9. The maximum absolute atomic E-state index is 12.2. The molecule has 0 spiro atoms. The lowest BCUT2D eigenvalue weighted by Crippen LogP contribution is -2.29. The highest BCUT2D eigenvalue weighted by atomic mass is 16.5. The molecule has 3 heterocycles. The molecule has 0 bridgehead atoms. The quantitative estimate of drug-likeness (QED) is 0.748. The number of ether oxygens (including phenoxy) is 2. The Bertz CT molecular complexity index is 1090. The van der Waals surface area contributed by atoms with Gasteiger partial charge in [-0.2, -0.15) is 4.98 Å². The van der Waals surface area contributed by atoms with Crippen molar-refractivity contribution in [1.29, 1.82) is 0 Å². The minimum Gasteiger partial charge on any atom is -0.497 e. The zero-order valence-electron chi connectivity index (χ0n) is 14.1. The Hall–Kier alpha value is -3.23. The largest absolute Gasteiger partial charge is 0.497 e. The van der Waals surface area contributed by atoms with Gasteiger partial charge in [0.05, 0.1) is 19.9 Å². The van der Waals surface area contributed by atoms with Crippen molar-refractivity contribution in [2.45, 2.75) is 6.54 Å². The molecular weight excluding hydrogens is 326 g/mol. The molecule has 1 N–H and O–H groups in total. The molecule has 0 fully saturated rings. The van der Waals surface area contributed by atoms with Crippen molar-refractivity contribution in [1.82, 2.24) is 19.1 Å². The van der Waals surface area contributed by atoms with Crippen molar-refractivity contribution in [3.8, 4) is 11.5 Å². The van der Waals surface area contributed by atoms with Crippen LogP contribution in [0.3, 0.4) is 0 Å². The number of aromatic nitrogens is 4. The van der Waals surface area contributed by atoms with Crippen LogP contribution in [0.15, 0.2) is 27.8 Å². The van der Waals surface area contributed by atoms with Gasteiger partial charge in [0, 0.05) is 26.2 Å². The molecule has 1 aliphatic heterocycles. The Morgan fingerprint density at radius 2 is 1.96 bits per heavy atom. The summed E-state index contributed by atoms with van der Waals surface area (Å²) in [5.41, 5.74) is 0.662. The molecule has 3 aromatic rings. The highest BCUT2D eigenvalue weighted by molar-refractivity contribution is 5.79. The third-order valence-electron chi connectivity index (χ3n) is 4.45. The molecule has 0 saturated heterocycles. The fourth-order valence-electron chi connectivity index (χ4n) is 3.18. The van der Waals surface area contributed by atoms with Gasteiger partial charge in [0.2, 0.25) is 5.95 Å². The number of hydrogen-bond donors (Lipinski definition) is 1. The predicted molar refractivity (Wildman–Crippen MR) is 92.1 cm³/mol. The highest BCUT2D eigenvalue weighted by Crippen LogP contribution is 2.38. The summed E-state index contributed by atoms with van der Waals surface area (Å²) in [6, 6.07) is 5.52. The molecular formula is C16H17N5O4. The van der Waals surface area contributed by atoms with Crippen molar-refractivity contribution in [2.24, 2.45) is 7.05 Å². The van der Waals surface area contributed by atoms with Crippen LogP contribution in [0.4, 0.5) is 11.6 Å². The molecule has 9 nitrogen and oxygen atoms in total. The number of anilines is 2. The SMILES string of the molecule is COc1ccc(N2CCn3c2nc2c3c(=O)[nH]c(=O)n2C)c(OC)c1. The van der Waals surface area contributed by atoms with E-state index < -0.39 is 11.2 Å². The molecule has 1 aliphatic rings. The summed E-state index contributed by atoms with van der Waals surface area (Å²) < 4.78 is 13.9. The van der Waals surface area contributed by atoms with Crippen molar-refractivity contribution in [3.63, 3.8) is 0 Å². The molecule has 1 aromatic carbocycles. The number of nitrogens with one attached hydrogen (secondary N) is 1. The van der Waals surface area contributed by atoms with Gasteiger partial charge in [0.25, 0.3) is 5.56 Å². The second-order valence-corrected chi connectivity index (χ2v) is 5.74. The Balaban J connectivity index is 1.93. The molecule has 0 unspecified atom stereocenters. The fourth-order valence-corrected chi connectivity index (χ4v) is 3.18. The van der Waals surface area contributed by atoms with Gasteiger partial charge in [-0.1, -0.05) is 0 Å². The number of methoxy groups -OCH3 is 2. The van der Waals surface area contributed by atoms with Crippen molar-refractivity contribution in [2.75, 3.05) is 25.7 Å². The van der Waals surface area contributed by atoms with Gasteiger partial charge in [-0.05, 0) is 12.1 Å². The van der Waals surface area contributed by atoms with Crippen molar-refractivity contribution in [3.05, 3.63) is 39.0 Å². The number of nitrogens with zero attached hydrogens (tertiary/aromatic N) is 4. The third kappa shape index (κ3) is 2.12. The van der Waals surface area contributed by atoms with E-state index in [9.17, 15) is 9.59 Å². The summed E-state index contributed by atoms with van der Waals surface area (Å²) in [6.07, 6.45) is 0. The van der Waals surface area contributed by atoms with Crippen molar-refractivity contribution < 1.29 is 9.47 Å². The lowest BCUT2D eigenvalue weighted by atomic mass is 10.2. The van der Waals surface area contributed by atoms with Gasteiger partial charge >= 0.3 is 5.69 Å². The van der Waals surface area contributed by atoms with E-state index in [1.807, 2.05) is 21.6 Å². The van der Waals surface area contributed by atoms with Crippen LogP contribution in [-0.2, 0) is 13.6 Å². The molecule has 0 saturated carbocycles. The topological polar surface area (TPSA) is 94.4 Å². The van der Waals surface area contributed by atoms with Gasteiger partial charge in [0.1, 0.15) is 11.5 Å². The Kier molecular flexibility index (Phi) is 3.31. The van der Waals surface area contributed by atoms with E-state index in [1.165, 1.54) is 4.57 Å². The van der Waals surface area contributed by atoms with Crippen molar-refractivity contribution >= 4 is 22.8 Å². The van der Waals surface area contributed by atoms with Crippen LogP contribution >= 0.6 is 0 Å². The second kappa shape index (κ2) is 5.40. The number of H-pyrrole nitrogens is 1. The predicted octanol–water partition coefficient (Wildman–Crippen LogP) is 0.592. The van der Waals surface area contributed by atoms with Gasteiger partial charge in [-0.3, -0.25) is 14.3 Å². The molecule has 0 radical (unpaired) electrons. The molecule has 2 aromatic heterocycles. The molecule has 25 heavy (non-hydrogen) atoms. The van der Waals surface area contributed by atoms with E-state index >= 15 is 0 Å². The van der Waals surface area contributed by atoms with Gasteiger partial charge in [-0.25, -0.2) is 4.79 Å². The first-order valence-corrected chi connectivity index (χ1v) is 7.74. The maximum atomic E-state index is 12.2. The fraction of sp³-hybridized carbons (Fsp3) is 0.312. The summed E-state index contributed by atoms with van der Waals surface area (Å²) >= 11 is 0. The Morgan fingerprint density at radius 1 is 1.16 bits per heavy atom. The Labute approximate surface area is 142 Å². The van der Waals surface area contributed by atoms with E-state index in [2.05, 4.69) is 9.97 Å². The number of benzene rings is 1. The molecule has 130 valence electrons. The average molecular weight is 343 g/mol. The standard InChI is InChI=1S/C16H17N5O4/c1-19-13-12(14(22)18-16(19)23)21-7-6-20(15(21)17-13)10-5-4-9(24-2)8-11(10)25-3/h4-5,8H,6-7H2,1-3H3,(H,18,22,23). The number of aryl methyl sites for hydroxylation is 1. The van der Waals surface area contributed by atoms with E-state index in [0.717, 1.165) is 5.69 Å². The first kappa shape index (κ1) is 15.3. The third-order valence-corrected chi connectivity index (χ3v) is 4.45. The van der Waals surface area contributed by atoms with Crippen LogP contribution in [-0.4, -0.2) is 39.9 Å². The number of rotatable bonds is 3. The monoisotopic (exact) mass is 343 g/mol. The summed E-state index contributed by atoms with van der Waals surface area (Å²) in [5.74, 6) is 1.93. The summed E-state index contributed by atoms with van der Waals surface area (Å²) in [7, 11) is 4.77. The maximum Gasteiger partial charge on any atom is 0.329 e. The molecule has 0 amide bonds. The second-order valence-electron chi connectivity index (χ2n) is 5.74. The van der Waals surface area contributed by atoms with Crippen LogP contribution in [0.1, 0.15) is 0 Å². The van der Waals surface area contributed by atoms with E-state index in [0.29, 0.717) is 41.7 Å². The normalized spacial score (nSPS) is 13.3. The number of imidazole rings is 1. The lowest BCUT2D eigenvalue weighted by Gasteiger charge is -2.19. The summed E-state index contributed by atoms with van der Waals surface area (Å²) in [5, 5.41) is 0. The number of hydrogen-bond acceptors (Lipinski definition) is 6. The number of aromatic amines is 1. The van der Waals surface area contributed by atoms with E-state index in [-0.39, 0.29) is 0 Å². The average Bonchev–Trinajstić information content (AvgIpc) is 3.18. The van der Waals surface area contributed by atoms with Gasteiger partial charge < -0.3 is 18.9 Å². The summed E-state index contributed by atoms with van der Waals surface area (Å²) in [6.45, 7) is 1.23. The zero-order valence-corrected chi connectivity index (χ0v) is 14.1. The van der Waals surface area contributed by atoms with Crippen LogP contribution in [0.25, 0.3) is 11.2 Å². The zero-order chi connectivity index (χ0) is 17.7. The molecule has 9 heteroatoms. The molecule has 0 aliphatic carbocycles. The van der Waals surface area contributed by atoms with E-state index in [4.69, 9.17) is 9.47 Å². The number of fused-ring (bicyclic) bond motifs is 3. The van der Waals surface area contributed by atoms with Crippen LogP contribution in [0.5, 0.6) is 11.5 Å². The Morgan fingerprint density at radius 3 is 2.68 bits per heavy atom. The van der Waals surface area contributed by atoms with Gasteiger partial charge in [-0.15, -0.1) is 0 Å².